The molecule has 0 spiro atoms. The van der Waals surface area contributed by atoms with Crippen LogP contribution in [0.5, 0.6) is 5.75 Å². The lowest BCUT2D eigenvalue weighted by molar-refractivity contribution is -0.122. The van der Waals surface area contributed by atoms with E-state index in [2.05, 4.69) is 5.92 Å². The molecular weight excluding hydrogens is 414 g/mol. The largest absolute Gasteiger partial charge is 0.487 e. The summed E-state index contributed by atoms with van der Waals surface area (Å²) in [6.07, 6.45) is 6.74. The number of hydrogen-bond acceptors (Lipinski definition) is 5. The first kappa shape index (κ1) is 20.5. The summed E-state index contributed by atoms with van der Waals surface area (Å²) in [6, 6.07) is 11.4. The van der Waals surface area contributed by atoms with Crippen LogP contribution in [0, 0.1) is 12.3 Å². The first-order valence-corrected chi connectivity index (χ1v) is 9.52. The zero-order valence-electron chi connectivity index (χ0n) is 14.9. The standard InChI is InChI=1S/C21H14ClNO5S/c1-2-8-23-19(24)18(29-21(23)27)11-13-6-7-17(16(22)10-13)28-12-14-4-3-5-15(9-14)20(25)26/h1,3-7,9-11H,8,12H2,(H,25,26)/b18-11+. The van der Waals surface area contributed by atoms with Crippen LogP contribution in [0.25, 0.3) is 6.08 Å². The maximum Gasteiger partial charge on any atom is 0.335 e. The quantitative estimate of drug-likeness (QED) is 0.547. The highest BCUT2D eigenvalue weighted by Crippen LogP contribution is 2.33. The van der Waals surface area contributed by atoms with Crippen LogP contribution in [0.3, 0.4) is 0 Å². The second kappa shape index (κ2) is 8.86. The van der Waals surface area contributed by atoms with Gasteiger partial charge in [-0.1, -0.05) is 35.7 Å². The van der Waals surface area contributed by atoms with Gasteiger partial charge in [0, 0.05) is 0 Å². The third kappa shape index (κ3) is 4.80. The molecular formula is C21H14ClNO5S. The number of imide groups is 1. The van der Waals surface area contributed by atoms with Gasteiger partial charge in [-0.3, -0.25) is 14.5 Å². The van der Waals surface area contributed by atoms with Crippen molar-refractivity contribution in [2.45, 2.75) is 6.61 Å². The van der Waals surface area contributed by atoms with E-state index in [1.165, 1.54) is 12.1 Å². The molecule has 0 aliphatic carbocycles. The van der Waals surface area contributed by atoms with Gasteiger partial charge in [-0.15, -0.1) is 6.42 Å². The molecule has 146 valence electrons. The molecule has 0 saturated carbocycles. The minimum Gasteiger partial charge on any atom is -0.487 e. The first-order chi connectivity index (χ1) is 13.9. The van der Waals surface area contributed by atoms with Gasteiger partial charge in [0.15, 0.2) is 0 Å². The molecule has 2 aromatic rings. The predicted octanol–water partition coefficient (Wildman–Crippen LogP) is 4.29. The summed E-state index contributed by atoms with van der Waals surface area (Å²) in [5.41, 5.74) is 1.49. The molecule has 1 fully saturated rings. The molecule has 0 bridgehead atoms. The van der Waals surface area contributed by atoms with Crippen molar-refractivity contribution in [2.24, 2.45) is 0 Å². The van der Waals surface area contributed by atoms with Gasteiger partial charge in [0.2, 0.25) is 0 Å². The van der Waals surface area contributed by atoms with Crippen molar-refractivity contribution < 1.29 is 24.2 Å². The van der Waals surface area contributed by atoms with Crippen molar-refractivity contribution in [3.63, 3.8) is 0 Å². The molecule has 8 heteroatoms. The second-order valence-electron chi connectivity index (χ2n) is 5.96. The lowest BCUT2D eigenvalue weighted by Gasteiger charge is -2.09. The molecule has 1 saturated heterocycles. The number of carboxylic acid groups (broad SMARTS) is 1. The molecule has 0 unspecified atom stereocenters. The Labute approximate surface area is 176 Å². The minimum absolute atomic E-state index is 0.0708. The van der Waals surface area contributed by atoms with Gasteiger partial charge in [0.25, 0.3) is 11.1 Å². The molecule has 1 aliphatic heterocycles. The van der Waals surface area contributed by atoms with Gasteiger partial charge in [-0.25, -0.2) is 4.79 Å². The topological polar surface area (TPSA) is 83.9 Å². The van der Waals surface area contributed by atoms with E-state index in [1.54, 1.807) is 36.4 Å². The average Bonchev–Trinajstić information content (AvgIpc) is 2.95. The van der Waals surface area contributed by atoms with Crippen molar-refractivity contribution in [1.82, 2.24) is 4.90 Å². The first-order valence-electron chi connectivity index (χ1n) is 8.32. The summed E-state index contributed by atoms with van der Waals surface area (Å²) in [5, 5.41) is 8.95. The molecule has 1 N–H and O–H groups in total. The van der Waals surface area contributed by atoms with E-state index < -0.39 is 17.1 Å². The van der Waals surface area contributed by atoms with E-state index in [1.807, 2.05) is 0 Å². The van der Waals surface area contributed by atoms with E-state index in [0.29, 0.717) is 21.9 Å². The van der Waals surface area contributed by atoms with Crippen LogP contribution in [0.4, 0.5) is 4.79 Å². The number of amides is 2. The van der Waals surface area contributed by atoms with Gasteiger partial charge < -0.3 is 9.84 Å². The van der Waals surface area contributed by atoms with Crippen LogP contribution in [0.2, 0.25) is 5.02 Å². The second-order valence-corrected chi connectivity index (χ2v) is 7.36. The molecule has 2 amide bonds. The van der Waals surface area contributed by atoms with E-state index in [9.17, 15) is 14.4 Å². The fraction of sp³-hybridized carbons (Fsp3) is 0.0952. The Morgan fingerprint density at radius 2 is 2.07 bits per heavy atom. The fourth-order valence-electron chi connectivity index (χ4n) is 2.56. The Bertz CT molecular complexity index is 1070. The summed E-state index contributed by atoms with van der Waals surface area (Å²) >= 11 is 7.08. The summed E-state index contributed by atoms with van der Waals surface area (Å²) in [4.78, 5) is 36.3. The molecule has 0 atom stereocenters. The van der Waals surface area contributed by atoms with Crippen LogP contribution in [0.15, 0.2) is 47.4 Å². The Hall–Kier alpha value is -3.21. The third-order valence-corrected chi connectivity index (χ3v) is 5.15. The molecule has 0 aromatic heterocycles. The highest BCUT2D eigenvalue weighted by molar-refractivity contribution is 8.18. The highest BCUT2D eigenvalue weighted by Gasteiger charge is 2.34. The molecule has 3 rings (SSSR count). The predicted molar refractivity (Wildman–Crippen MR) is 111 cm³/mol. The fourth-order valence-corrected chi connectivity index (χ4v) is 3.64. The molecule has 6 nitrogen and oxygen atoms in total. The molecule has 2 aromatic carbocycles. The molecule has 0 radical (unpaired) electrons. The van der Waals surface area contributed by atoms with Crippen LogP contribution in [0.1, 0.15) is 21.5 Å². The Balaban J connectivity index is 1.72. The number of carbonyl (C=O) groups excluding carboxylic acids is 2. The highest BCUT2D eigenvalue weighted by atomic mass is 35.5. The van der Waals surface area contributed by atoms with Gasteiger partial charge in [0.05, 0.1) is 22.0 Å². The number of benzene rings is 2. The van der Waals surface area contributed by atoms with Crippen molar-refractivity contribution in [3.05, 3.63) is 69.1 Å². The smallest absolute Gasteiger partial charge is 0.335 e. The number of rotatable bonds is 6. The third-order valence-electron chi connectivity index (χ3n) is 3.94. The minimum atomic E-state index is -1.01. The van der Waals surface area contributed by atoms with Gasteiger partial charge in [0.1, 0.15) is 12.4 Å². The monoisotopic (exact) mass is 427 g/mol. The number of nitrogens with zero attached hydrogens (tertiary/aromatic N) is 1. The van der Waals surface area contributed by atoms with Crippen molar-refractivity contribution in [3.8, 4) is 18.1 Å². The van der Waals surface area contributed by atoms with Gasteiger partial charge >= 0.3 is 5.97 Å². The summed E-state index contributed by atoms with van der Waals surface area (Å²) < 4.78 is 5.67. The normalized spacial score (nSPS) is 14.9. The number of carboxylic acids is 1. The lowest BCUT2D eigenvalue weighted by atomic mass is 10.1. The number of terminal acetylenes is 1. The maximum absolute atomic E-state index is 12.2. The number of thioether (sulfide) groups is 1. The zero-order valence-corrected chi connectivity index (χ0v) is 16.5. The summed E-state index contributed by atoms with van der Waals surface area (Å²) in [5.74, 6) is 1.24. The molecule has 1 heterocycles. The number of halogens is 1. The van der Waals surface area contributed by atoms with Crippen molar-refractivity contribution >= 4 is 46.6 Å². The van der Waals surface area contributed by atoms with Crippen LogP contribution >= 0.6 is 23.4 Å². The van der Waals surface area contributed by atoms with E-state index in [0.717, 1.165) is 16.7 Å². The van der Waals surface area contributed by atoms with Crippen molar-refractivity contribution in [2.75, 3.05) is 6.54 Å². The maximum atomic E-state index is 12.2. The summed E-state index contributed by atoms with van der Waals surface area (Å²) in [6.45, 7) is 0.0732. The number of hydrogen-bond donors (Lipinski definition) is 1. The number of ether oxygens (including phenoxy) is 1. The van der Waals surface area contributed by atoms with Crippen LogP contribution < -0.4 is 4.74 Å². The molecule has 29 heavy (non-hydrogen) atoms. The van der Waals surface area contributed by atoms with E-state index in [4.69, 9.17) is 27.9 Å². The van der Waals surface area contributed by atoms with E-state index in [-0.39, 0.29) is 23.6 Å². The molecule has 1 aliphatic rings. The van der Waals surface area contributed by atoms with Crippen molar-refractivity contribution in [1.29, 1.82) is 0 Å². The van der Waals surface area contributed by atoms with Crippen LogP contribution in [-0.2, 0) is 11.4 Å². The zero-order chi connectivity index (χ0) is 21.0. The summed E-state index contributed by atoms with van der Waals surface area (Å²) in [7, 11) is 0. The van der Waals surface area contributed by atoms with E-state index >= 15 is 0 Å². The Kier molecular flexibility index (Phi) is 6.27. The average molecular weight is 428 g/mol. The lowest BCUT2D eigenvalue weighted by Crippen LogP contribution is -2.28. The Morgan fingerprint density at radius 1 is 1.28 bits per heavy atom. The van der Waals surface area contributed by atoms with Crippen LogP contribution in [-0.4, -0.2) is 33.7 Å². The Morgan fingerprint density at radius 3 is 2.76 bits per heavy atom. The van der Waals surface area contributed by atoms with Gasteiger partial charge in [-0.05, 0) is 53.2 Å². The van der Waals surface area contributed by atoms with Gasteiger partial charge in [-0.2, -0.15) is 0 Å². The number of aromatic carboxylic acids is 1. The number of carbonyl (C=O) groups is 3. The SMILES string of the molecule is C#CCN1C(=O)S/C(=C/c2ccc(OCc3cccc(C(=O)O)c3)c(Cl)c2)C1=O.